The van der Waals surface area contributed by atoms with E-state index in [4.69, 9.17) is 0 Å². The van der Waals surface area contributed by atoms with Crippen molar-refractivity contribution < 1.29 is 9.59 Å². The van der Waals surface area contributed by atoms with Gasteiger partial charge >= 0.3 is 0 Å². The maximum absolute atomic E-state index is 12.7. The second-order valence-corrected chi connectivity index (χ2v) is 5.66. The number of nitrogens with one attached hydrogen (secondary N) is 1. The van der Waals surface area contributed by atoms with Gasteiger partial charge in [0.05, 0.1) is 6.54 Å². The Morgan fingerprint density at radius 1 is 1.42 bits per heavy atom. The van der Waals surface area contributed by atoms with Gasteiger partial charge in [0.2, 0.25) is 5.91 Å². The predicted octanol–water partition coefficient (Wildman–Crippen LogP) is 1.20. The van der Waals surface area contributed by atoms with Crippen LogP contribution in [0, 0.1) is 0 Å². The molecule has 1 aromatic rings. The number of anilines is 1. The molecule has 1 fully saturated rings. The lowest BCUT2D eigenvalue weighted by Gasteiger charge is -2.39. The number of amides is 1. The summed E-state index contributed by atoms with van der Waals surface area (Å²) < 4.78 is 0. The molecular weight excluding hydrogens is 240 g/mol. The maximum atomic E-state index is 12.7. The molecule has 0 aromatic heterocycles. The molecule has 2 aliphatic rings. The average molecular weight is 258 g/mol. The highest BCUT2D eigenvalue weighted by Crippen LogP contribution is 2.47. The van der Waals surface area contributed by atoms with E-state index in [1.165, 1.54) is 5.56 Å². The normalized spacial score (nSPS) is 19.7. The molecule has 1 spiro atoms. The molecule has 0 unspecified atom stereocenters. The van der Waals surface area contributed by atoms with Crippen LogP contribution >= 0.6 is 0 Å². The van der Waals surface area contributed by atoms with E-state index in [0.29, 0.717) is 19.0 Å². The summed E-state index contributed by atoms with van der Waals surface area (Å²) in [7, 11) is 0. The van der Waals surface area contributed by atoms with E-state index in [1.807, 2.05) is 12.1 Å². The van der Waals surface area contributed by atoms with E-state index < -0.39 is 5.41 Å². The third-order valence-electron chi connectivity index (χ3n) is 4.23. The van der Waals surface area contributed by atoms with Gasteiger partial charge in [-0.25, -0.2) is 0 Å². The largest absolute Gasteiger partial charge is 0.314 e. The third kappa shape index (κ3) is 1.49. The summed E-state index contributed by atoms with van der Waals surface area (Å²) in [6.45, 7) is 5.79. The molecule has 3 rings (SSSR count). The minimum absolute atomic E-state index is 0.0708. The Bertz CT molecular complexity index is 547. The highest BCUT2D eigenvalue weighted by Gasteiger charge is 2.55. The van der Waals surface area contributed by atoms with E-state index in [-0.39, 0.29) is 12.5 Å². The van der Waals surface area contributed by atoms with Crippen molar-refractivity contribution in [3.05, 3.63) is 29.3 Å². The zero-order valence-corrected chi connectivity index (χ0v) is 11.3. The Balaban J connectivity index is 2.21. The van der Waals surface area contributed by atoms with Crippen LogP contribution in [0.1, 0.15) is 30.9 Å². The monoisotopic (exact) mass is 258 g/mol. The number of carbonyl (C=O) groups is 2. The van der Waals surface area contributed by atoms with Gasteiger partial charge in [-0.3, -0.25) is 4.79 Å². The van der Waals surface area contributed by atoms with Crippen LogP contribution in [-0.2, 0) is 15.0 Å². The summed E-state index contributed by atoms with van der Waals surface area (Å²) in [5.41, 5.74) is 2.85. The first-order valence-corrected chi connectivity index (χ1v) is 6.71. The van der Waals surface area contributed by atoms with Crippen LogP contribution in [0.25, 0.3) is 0 Å². The number of fused-ring (bicyclic) bond motifs is 2. The number of carbonyl (C=O) groups excluding carboxylic acids is 2. The number of rotatable bonds is 3. The van der Waals surface area contributed by atoms with Crippen molar-refractivity contribution in [2.75, 3.05) is 24.5 Å². The second kappa shape index (κ2) is 4.17. The zero-order valence-electron chi connectivity index (χ0n) is 11.3. The molecule has 100 valence electrons. The van der Waals surface area contributed by atoms with Gasteiger partial charge in [0.25, 0.3) is 0 Å². The van der Waals surface area contributed by atoms with Crippen molar-refractivity contribution in [2.24, 2.45) is 0 Å². The van der Waals surface area contributed by atoms with Crippen LogP contribution in [0.4, 0.5) is 5.69 Å². The SMILES string of the molecule is CC(C)c1cccc2c1C1(CNC1)C(=O)N2CC=O. The van der Waals surface area contributed by atoms with Crippen molar-refractivity contribution in [1.82, 2.24) is 5.32 Å². The average Bonchev–Trinajstić information content (AvgIpc) is 2.59. The third-order valence-corrected chi connectivity index (χ3v) is 4.23. The quantitative estimate of drug-likeness (QED) is 0.829. The van der Waals surface area contributed by atoms with Gasteiger partial charge < -0.3 is 15.0 Å². The molecule has 2 aliphatic heterocycles. The molecule has 19 heavy (non-hydrogen) atoms. The van der Waals surface area contributed by atoms with Crippen molar-refractivity contribution >= 4 is 17.9 Å². The standard InChI is InChI=1S/C15H18N2O2/c1-10(2)11-4-3-5-12-13(11)15(8-16-9-15)14(19)17(12)6-7-18/h3-5,7,10,16H,6,8-9H2,1-2H3. The van der Waals surface area contributed by atoms with E-state index in [9.17, 15) is 9.59 Å². The molecule has 4 heteroatoms. The number of nitrogens with zero attached hydrogens (tertiary/aromatic N) is 1. The van der Waals surface area contributed by atoms with Gasteiger partial charge in [0, 0.05) is 18.8 Å². The lowest BCUT2D eigenvalue weighted by Crippen LogP contribution is -2.62. The van der Waals surface area contributed by atoms with Crippen LogP contribution in [-0.4, -0.2) is 31.8 Å². The fourth-order valence-corrected chi connectivity index (χ4v) is 3.22. The molecule has 1 saturated heterocycles. The molecule has 0 atom stereocenters. The highest BCUT2D eigenvalue weighted by atomic mass is 16.2. The van der Waals surface area contributed by atoms with Gasteiger partial charge in [-0.2, -0.15) is 0 Å². The fraction of sp³-hybridized carbons (Fsp3) is 0.467. The lowest BCUT2D eigenvalue weighted by molar-refractivity contribution is -0.125. The van der Waals surface area contributed by atoms with Gasteiger partial charge in [-0.05, 0) is 23.1 Å². The summed E-state index contributed by atoms with van der Waals surface area (Å²) in [6, 6.07) is 6.03. The smallest absolute Gasteiger partial charge is 0.240 e. The van der Waals surface area contributed by atoms with Gasteiger partial charge in [-0.15, -0.1) is 0 Å². The Hall–Kier alpha value is -1.68. The summed E-state index contributed by atoms with van der Waals surface area (Å²) in [4.78, 5) is 25.1. The van der Waals surface area contributed by atoms with Gasteiger partial charge in [-0.1, -0.05) is 26.0 Å². The van der Waals surface area contributed by atoms with Crippen molar-refractivity contribution in [3.63, 3.8) is 0 Å². The van der Waals surface area contributed by atoms with Crippen molar-refractivity contribution in [1.29, 1.82) is 0 Å². The molecule has 1 N–H and O–H groups in total. The summed E-state index contributed by atoms with van der Waals surface area (Å²) in [6.07, 6.45) is 0.800. The first-order chi connectivity index (χ1) is 9.12. The summed E-state index contributed by atoms with van der Waals surface area (Å²) in [5, 5.41) is 3.21. The first kappa shape index (κ1) is 12.4. The van der Waals surface area contributed by atoms with E-state index in [2.05, 4.69) is 25.2 Å². The first-order valence-electron chi connectivity index (χ1n) is 6.71. The van der Waals surface area contributed by atoms with Crippen LogP contribution < -0.4 is 10.2 Å². The van der Waals surface area contributed by atoms with Crippen LogP contribution in [0.3, 0.4) is 0 Å². The minimum Gasteiger partial charge on any atom is -0.314 e. The molecule has 0 radical (unpaired) electrons. The Morgan fingerprint density at radius 2 is 2.16 bits per heavy atom. The number of benzene rings is 1. The second-order valence-electron chi connectivity index (χ2n) is 5.66. The predicted molar refractivity (Wildman–Crippen MR) is 73.5 cm³/mol. The van der Waals surface area contributed by atoms with E-state index >= 15 is 0 Å². The van der Waals surface area contributed by atoms with Crippen molar-refractivity contribution in [2.45, 2.75) is 25.2 Å². The highest BCUT2D eigenvalue weighted by molar-refractivity contribution is 6.11. The van der Waals surface area contributed by atoms with Crippen LogP contribution in [0.5, 0.6) is 0 Å². The Kier molecular flexibility index (Phi) is 2.71. The molecule has 4 nitrogen and oxygen atoms in total. The van der Waals surface area contributed by atoms with Crippen molar-refractivity contribution in [3.8, 4) is 0 Å². The van der Waals surface area contributed by atoms with Crippen LogP contribution in [0.2, 0.25) is 0 Å². The van der Waals surface area contributed by atoms with Gasteiger partial charge in [0.15, 0.2) is 0 Å². The maximum Gasteiger partial charge on any atom is 0.240 e. The Morgan fingerprint density at radius 3 is 2.68 bits per heavy atom. The van der Waals surface area contributed by atoms with E-state index in [1.54, 1.807) is 4.90 Å². The fourth-order valence-electron chi connectivity index (χ4n) is 3.22. The molecular formula is C15H18N2O2. The Labute approximate surface area is 112 Å². The molecule has 0 bridgehead atoms. The summed E-state index contributed by atoms with van der Waals surface area (Å²) in [5.74, 6) is 0.442. The van der Waals surface area contributed by atoms with Gasteiger partial charge in [0.1, 0.15) is 11.7 Å². The lowest BCUT2D eigenvalue weighted by atomic mass is 9.73. The molecule has 2 heterocycles. The molecule has 1 aromatic carbocycles. The molecule has 0 aliphatic carbocycles. The topological polar surface area (TPSA) is 49.4 Å². The zero-order chi connectivity index (χ0) is 13.6. The molecule has 0 saturated carbocycles. The van der Waals surface area contributed by atoms with E-state index in [0.717, 1.165) is 17.5 Å². The number of hydrogen-bond acceptors (Lipinski definition) is 3. The number of hydrogen-bond donors (Lipinski definition) is 1. The summed E-state index contributed by atoms with van der Waals surface area (Å²) >= 11 is 0. The minimum atomic E-state index is -0.431. The number of aldehydes is 1. The van der Waals surface area contributed by atoms with Crippen LogP contribution in [0.15, 0.2) is 18.2 Å². The molecule has 1 amide bonds.